The highest BCUT2D eigenvalue weighted by Gasteiger charge is 2.37. The fraction of sp³-hybridized carbons (Fsp3) is 0.0952. The van der Waals surface area contributed by atoms with E-state index in [-0.39, 0.29) is 16.1 Å². The summed E-state index contributed by atoms with van der Waals surface area (Å²) in [7, 11) is -4.65. The van der Waals surface area contributed by atoms with Gasteiger partial charge in [-0.05, 0) is 29.8 Å². The minimum Gasteiger partial charge on any atom is -0.280 e. The van der Waals surface area contributed by atoms with Crippen molar-refractivity contribution in [2.75, 3.05) is 4.72 Å². The van der Waals surface area contributed by atoms with Gasteiger partial charge in [0.15, 0.2) is 0 Å². The summed E-state index contributed by atoms with van der Waals surface area (Å²) in [6.07, 6.45) is -4.87. The summed E-state index contributed by atoms with van der Waals surface area (Å²) < 4.78 is 68.9. The van der Waals surface area contributed by atoms with Crippen molar-refractivity contribution in [3.05, 3.63) is 93.2 Å². The Bertz CT molecular complexity index is 1460. The summed E-state index contributed by atoms with van der Waals surface area (Å²) >= 11 is 6.23. The van der Waals surface area contributed by atoms with Gasteiger partial charge in [0.25, 0.3) is 15.6 Å². The molecule has 0 aliphatic rings. The van der Waals surface area contributed by atoms with Crippen molar-refractivity contribution >= 4 is 38.2 Å². The maximum Gasteiger partial charge on any atom is 0.417 e. The smallest absolute Gasteiger partial charge is 0.280 e. The van der Waals surface area contributed by atoms with Gasteiger partial charge in [0.05, 0.1) is 38.6 Å². The van der Waals surface area contributed by atoms with Crippen LogP contribution in [0, 0.1) is 0 Å². The van der Waals surface area contributed by atoms with Gasteiger partial charge in [-0.25, -0.2) is 8.42 Å². The normalized spacial score (nSPS) is 12.2. The number of hydrogen-bond acceptors (Lipinski definition) is 3. The molecule has 0 spiro atoms. The molecule has 1 heterocycles. The van der Waals surface area contributed by atoms with Gasteiger partial charge in [-0.3, -0.25) is 19.3 Å². The van der Waals surface area contributed by atoms with E-state index in [1.807, 2.05) is 30.3 Å². The highest BCUT2D eigenvalue weighted by molar-refractivity contribution is 7.92. The predicted octanol–water partition coefficient (Wildman–Crippen LogP) is 4.85. The number of fused-ring (bicyclic) bond motifs is 1. The molecule has 0 radical (unpaired) electrons. The average Bonchev–Trinajstić information content (AvgIpc) is 3.02. The summed E-state index contributed by atoms with van der Waals surface area (Å²) in [5, 5.41) is 2.71. The van der Waals surface area contributed by atoms with E-state index in [1.165, 1.54) is 18.2 Å². The number of alkyl halides is 3. The van der Waals surface area contributed by atoms with E-state index >= 15 is 0 Å². The predicted molar refractivity (Wildman–Crippen MR) is 115 cm³/mol. The van der Waals surface area contributed by atoms with E-state index in [0.29, 0.717) is 18.1 Å². The molecule has 1 aromatic heterocycles. The monoisotopic (exact) mass is 481 g/mol. The lowest BCUT2D eigenvalue weighted by Crippen LogP contribution is -2.19. The quantitative estimate of drug-likeness (QED) is 0.427. The second-order valence-electron chi connectivity index (χ2n) is 6.96. The van der Waals surface area contributed by atoms with Crippen LogP contribution in [0.25, 0.3) is 10.9 Å². The Morgan fingerprint density at radius 3 is 2.34 bits per heavy atom. The van der Waals surface area contributed by atoms with Crippen LogP contribution in [0.5, 0.6) is 0 Å². The van der Waals surface area contributed by atoms with Gasteiger partial charge < -0.3 is 0 Å². The van der Waals surface area contributed by atoms with Gasteiger partial charge in [-0.2, -0.15) is 13.2 Å². The summed E-state index contributed by atoms with van der Waals surface area (Å²) in [5.41, 5.74) is -0.688. The zero-order chi connectivity index (χ0) is 23.1. The third-order valence-corrected chi connectivity index (χ3v) is 6.50. The number of aromatic nitrogens is 2. The molecule has 0 bridgehead atoms. The summed E-state index contributed by atoms with van der Waals surface area (Å²) in [6.45, 7) is 0.333. The largest absolute Gasteiger partial charge is 0.417 e. The topological polar surface area (TPSA) is 84.0 Å². The van der Waals surface area contributed by atoms with Crippen molar-refractivity contribution in [2.45, 2.75) is 17.6 Å². The minimum atomic E-state index is -4.87. The van der Waals surface area contributed by atoms with Crippen molar-refractivity contribution in [1.29, 1.82) is 0 Å². The van der Waals surface area contributed by atoms with Gasteiger partial charge in [0.1, 0.15) is 0 Å². The lowest BCUT2D eigenvalue weighted by molar-refractivity contribution is -0.139. The van der Waals surface area contributed by atoms with Crippen molar-refractivity contribution in [3.63, 3.8) is 0 Å². The molecule has 0 aliphatic heterocycles. The van der Waals surface area contributed by atoms with Gasteiger partial charge in [0, 0.05) is 0 Å². The third kappa shape index (κ3) is 4.23. The highest BCUT2D eigenvalue weighted by Crippen LogP contribution is 2.36. The summed E-state index contributed by atoms with van der Waals surface area (Å²) in [4.78, 5) is 11.5. The van der Waals surface area contributed by atoms with E-state index in [0.717, 1.165) is 17.7 Å². The van der Waals surface area contributed by atoms with E-state index in [4.69, 9.17) is 11.6 Å². The molecule has 0 saturated heterocycles. The first-order chi connectivity index (χ1) is 15.1. The fourth-order valence-electron chi connectivity index (χ4n) is 3.31. The lowest BCUT2D eigenvalue weighted by Gasteiger charge is -2.15. The number of hydrogen-bond donors (Lipinski definition) is 2. The number of H-pyrrole nitrogens is 1. The zero-order valence-electron chi connectivity index (χ0n) is 16.2. The SMILES string of the molecule is O=c1[nH]n(Cc2ccccc2)c2cc(Cl)c(NS(=O)(=O)c3ccccc3C(F)(F)F)cc12. The molecular formula is C21H15ClF3N3O3S. The van der Waals surface area contributed by atoms with Gasteiger partial charge in [-0.1, -0.05) is 54.1 Å². The zero-order valence-corrected chi connectivity index (χ0v) is 17.7. The molecule has 0 saturated carbocycles. The molecule has 166 valence electrons. The molecule has 4 aromatic rings. The molecule has 4 rings (SSSR count). The Morgan fingerprint density at radius 1 is 1.00 bits per heavy atom. The van der Waals surface area contributed by atoms with Gasteiger partial charge >= 0.3 is 6.18 Å². The van der Waals surface area contributed by atoms with E-state index in [9.17, 15) is 26.4 Å². The first kappa shape index (κ1) is 22.0. The maximum absolute atomic E-state index is 13.3. The van der Waals surface area contributed by atoms with Crippen LogP contribution in [0.2, 0.25) is 5.02 Å². The standard InChI is InChI=1S/C21H15ClF3N3O3S/c22-16-11-18-14(20(29)26-28(18)12-13-6-2-1-3-7-13)10-17(16)27-32(30,31)19-9-5-4-8-15(19)21(23,24)25/h1-11,27H,12H2,(H,26,29). The lowest BCUT2D eigenvalue weighted by atomic mass is 10.2. The second-order valence-corrected chi connectivity index (χ2v) is 9.02. The Balaban J connectivity index is 1.75. The van der Waals surface area contributed by atoms with E-state index < -0.39 is 32.2 Å². The number of nitrogens with zero attached hydrogens (tertiary/aromatic N) is 1. The van der Waals surface area contributed by atoms with Crippen LogP contribution in [0.1, 0.15) is 11.1 Å². The Labute approximate surface area is 185 Å². The molecule has 11 heteroatoms. The molecular weight excluding hydrogens is 467 g/mol. The number of halogens is 4. The molecule has 0 aliphatic carbocycles. The number of rotatable bonds is 5. The number of benzene rings is 3. The van der Waals surface area contributed by atoms with E-state index in [1.54, 1.807) is 4.68 Å². The van der Waals surface area contributed by atoms with E-state index in [2.05, 4.69) is 9.82 Å². The average molecular weight is 482 g/mol. The van der Waals surface area contributed by atoms with Crippen molar-refractivity contribution in [3.8, 4) is 0 Å². The Kier molecular flexibility index (Phi) is 5.51. The van der Waals surface area contributed by atoms with Crippen LogP contribution in [-0.2, 0) is 22.7 Å². The molecule has 0 amide bonds. The number of anilines is 1. The number of sulfonamides is 1. The molecule has 0 fully saturated rings. The van der Waals surface area contributed by atoms with Crippen LogP contribution >= 0.6 is 11.6 Å². The van der Waals surface area contributed by atoms with Crippen LogP contribution in [0.4, 0.5) is 18.9 Å². The number of nitrogens with one attached hydrogen (secondary N) is 2. The van der Waals surface area contributed by atoms with Crippen LogP contribution in [-0.4, -0.2) is 18.2 Å². The minimum absolute atomic E-state index is 0.0774. The highest BCUT2D eigenvalue weighted by atomic mass is 35.5. The van der Waals surface area contributed by atoms with Crippen LogP contribution in [0.15, 0.2) is 76.4 Å². The molecule has 3 aromatic carbocycles. The molecule has 32 heavy (non-hydrogen) atoms. The molecule has 2 N–H and O–H groups in total. The van der Waals surface area contributed by atoms with Crippen molar-refractivity contribution in [1.82, 2.24) is 9.78 Å². The van der Waals surface area contributed by atoms with Crippen molar-refractivity contribution < 1.29 is 21.6 Å². The first-order valence-corrected chi connectivity index (χ1v) is 11.1. The van der Waals surface area contributed by atoms with Crippen LogP contribution in [0.3, 0.4) is 0 Å². The summed E-state index contributed by atoms with van der Waals surface area (Å²) in [5.74, 6) is 0. The first-order valence-electron chi connectivity index (χ1n) is 9.21. The Hall–Kier alpha value is -3.24. The Morgan fingerprint density at radius 2 is 1.66 bits per heavy atom. The number of aromatic amines is 1. The molecule has 6 nitrogen and oxygen atoms in total. The van der Waals surface area contributed by atoms with Gasteiger partial charge in [0.2, 0.25) is 0 Å². The molecule has 0 unspecified atom stereocenters. The second kappa shape index (κ2) is 8.03. The summed E-state index contributed by atoms with van der Waals surface area (Å²) in [6, 6.07) is 15.7. The molecule has 0 atom stereocenters. The van der Waals surface area contributed by atoms with Gasteiger partial charge in [-0.15, -0.1) is 0 Å². The van der Waals surface area contributed by atoms with Crippen LogP contribution < -0.4 is 10.3 Å². The third-order valence-electron chi connectivity index (χ3n) is 4.77. The van der Waals surface area contributed by atoms with Crippen molar-refractivity contribution in [2.24, 2.45) is 0 Å². The maximum atomic E-state index is 13.3. The fourth-order valence-corrected chi connectivity index (χ4v) is 4.88.